The van der Waals surface area contributed by atoms with Crippen LogP contribution in [-0.4, -0.2) is 83.3 Å². The number of nitrogens with one attached hydrogen (secondary N) is 2. The average Bonchev–Trinajstić information content (AvgIpc) is 3.38. The summed E-state index contributed by atoms with van der Waals surface area (Å²) in [4.78, 5) is 31.4. The number of nitrogen functional groups attached to an aromatic ring is 1. The molecule has 250 valence electrons. The largest absolute Gasteiger partial charge is 0.477 e. The van der Waals surface area contributed by atoms with E-state index in [1.54, 1.807) is 23.0 Å². The van der Waals surface area contributed by atoms with E-state index in [1.165, 1.54) is 7.11 Å². The molecule has 0 aliphatic carbocycles. The highest BCUT2D eigenvalue weighted by Gasteiger charge is 2.30. The Kier molecular flexibility index (Phi) is 11.5. The molecule has 1 amide bonds. The fourth-order valence-corrected chi connectivity index (χ4v) is 5.46. The van der Waals surface area contributed by atoms with E-state index < -0.39 is 11.6 Å². The number of piperazine rings is 1. The van der Waals surface area contributed by atoms with Crippen molar-refractivity contribution in [3.63, 3.8) is 0 Å². The van der Waals surface area contributed by atoms with Crippen LogP contribution in [-0.2, 0) is 22.9 Å². The summed E-state index contributed by atoms with van der Waals surface area (Å²) in [5.41, 5.74) is 10.9. The zero-order valence-corrected chi connectivity index (χ0v) is 28.2. The molecule has 2 aromatic heterocycles. The first-order valence-electron chi connectivity index (χ1n) is 15.9. The number of carbonyl (C=O) groups excluding carboxylic acids is 2. The molecule has 0 saturated carbocycles. The number of pyridine rings is 1. The molecule has 0 radical (unpaired) electrons. The lowest BCUT2D eigenvalue weighted by atomic mass is 10.0. The van der Waals surface area contributed by atoms with E-state index in [9.17, 15) is 9.59 Å². The molecule has 3 heterocycles. The highest BCUT2D eigenvalue weighted by atomic mass is 16.6. The zero-order chi connectivity index (χ0) is 33.4. The van der Waals surface area contributed by atoms with E-state index >= 15 is 0 Å². The van der Waals surface area contributed by atoms with Crippen LogP contribution in [0, 0.1) is 12.8 Å². The molecule has 12 heteroatoms. The minimum atomic E-state index is -0.536. The lowest BCUT2D eigenvalue weighted by molar-refractivity contribution is 0.0121. The summed E-state index contributed by atoms with van der Waals surface area (Å²) in [6, 6.07) is 9.42. The van der Waals surface area contributed by atoms with Crippen molar-refractivity contribution < 1.29 is 23.8 Å². The molecule has 4 rings (SSSR count). The van der Waals surface area contributed by atoms with Crippen LogP contribution in [0.1, 0.15) is 62.2 Å². The van der Waals surface area contributed by atoms with E-state index in [4.69, 9.17) is 19.9 Å². The fraction of sp³-hybridized carbons (Fsp3) is 0.529. The highest BCUT2D eigenvalue weighted by molar-refractivity contribution is 5.90. The molecule has 46 heavy (non-hydrogen) atoms. The number of benzene rings is 1. The van der Waals surface area contributed by atoms with Gasteiger partial charge in [-0.2, -0.15) is 5.10 Å². The highest BCUT2D eigenvalue weighted by Crippen LogP contribution is 2.30. The molecule has 2 atom stereocenters. The fourth-order valence-electron chi connectivity index (χ4n) is 5.46. The van der Waals surface area contributed by atoms with Gasteiger partial charge in [-0.15, -0.1) is 0 Å². The van der Waals surface area contributed by atoms with Gasteiger partial charge in [-0.1, -0.05) is 13.0 Å². The number of anilines is 2. The van der Waals surface area contributed by atoms with Gasteiger partial charge >= 0.3 is 12.1 Å². The maximum atomic E-state index is 12.9. The summed E-state index contributed by atoms with van der Waals surface area (Å²) < 4.78 is 18.4. The van der Waals surface area contributed by atoms with Crippen molar-refractivity contribution in [3.8, 4) is 17.1 Å². The SMILES string of the molecule is COC(=O)c1cc(C)nc(-c2cnn(C)c2OCCCC(C)CNc2cc(CC3CNCCN3C(=O)OC(C)(C)C)ccc2N)c1. The number of amides is 1. The van der Waals surface area contributed by atoms with E-state index in [-0.39, 0.29) is 12.1 Å². The zero-order valence-electron chi connectivity index (χ0n) is 28.2. The summed E-state index contributed by atoms with van der Waals surface area (Å²) in [5.74, 6) is 0.548. The summed E-state index contributed by atoms with van der Waals surface area (Å²) in [6.45, 7) is 13.0. The molecule has 1 fully saturated rings. The number of methoxy groups -OCH3 is 1. The predicted molar refractivity (Wildman–Crippen MR) is 179 cm³/mol. The minimum Gasteiger partial charge on any atom is -0.477 e. The van der Waals surface area contributed by atoms with E-state index in [2.05, 4.69) is 33.7 Å². The van der Waals surface area contributed by atoms with Gasteiger partial charge in [-0.3, -0.25) is 4.98 Å². The average molecular weight is 636 g/mol. The van der Waals surface area contributed by atoms with E-state index in [0.717, 1.165) is 42.7 Å². The third-order valence-electron chi connectivity index (χ3n) is 7.82. The van der Waals surface area contributed by atoms with Crippen LogP contribution in [0.3, 0.4) is 0 Å². The number of hydrogen-bond acceptors (Lipinski definition) is 10. The molecule has 2 unspecified atom stereocenters. The van der Waals surface area contributed by atoms with Gasteiger partial charge in [0.25, 0.3) is 0 Å². The second kappa shape index (κ2) is 15.3. The molecular weight excluding hydrogens is 586 g/mol. The molecule has 1 aromatic carbocycles. The number of nitrogens with two attached hydrogens (primary N) is 1. The van der Waals surface area contributed by atoms with Crippen molar-refractivity contribution in [1.82, 2.24) is 25.0 Å². The Hall–Kier alpha value is -4.32. The van der Waals surface area contributed by atoms with E-state index in [0.29, 0.717) is 60.6 Å². The Morgan fingerprint density at radius 1 is 1.22 bits per heavy atom. The number of aryl methyl sites for hydroxylation is 2. The summed E-state index contributed by atoms with van der Waals surface area (Å²) in [6.07, 6.45) is 3.90. The molecule has 1 saturated heterocycles. The third-order valence-corrected chi connectivity index (χ3v) is 7.82. The number of hydrogen-bond donors (Lipinski definition) is 3. The summed E-state index contributed by atoms with van der Waals surface area (Å²) >= 11 is 0. The number of aromatic nitrogens is 3. The van der Waals surface area contributed by atoms with Crippen LogP contribution in [0.5, 0.6) is 5.88 Å². The smallest absolute Gasteiger partial charge is 0.410 e. The number of nitrogens with zero attached hydrogens (tertiary/aromatic N) is 4. The van der Waals surface area contributed by atoms with Crippen molar-refractivity contribution in [2.24, 2.45) is 13.0 Å². The maximum Gasteiger partial charge on any atom is 0.410 e. The molecule has 0 spiro atoms. The number of carbonyl (C=O) groups is 2. The molecule has 4 N–H and O–H groups in total. The van der Waals surface area contributed by atoms with Crippen LogP contribution < -0.4 is 21.1 Å². The second-order valence-electron chi connectivity index (χ2n) is 13.0. The van der Waals surface area contributed by atoms with Crippen molar-refractivity contribution in [3.05, 3.63) is 53.3 Å². The van der Waals surface area contributed by atoms with Gasteiger partial charge in [-0.05, 0) is 82.7 Å². The Bertz CT molecular complexity index is 1500. The van der Waals surface area contributed by atoms with Crippen LogP contribution in [0.25, 0.3) is 11.3 Å². The van der Waals surface area contributed by atoms with Gasteiger partial charge in [0, 0.05) is 38.9 Å². The normalized spacial score (nSPS) is 15.7. The van der Waals surface area contributed by atoms with Gasteiger partial charge < -0.3 is 35.5 Å². The Labute approximate surface area is 272 Å². The van der Waals surface area contributed by atoms with Crippen LogP contribution in [0.15, 0.2) is 36.5 Å². The quantitative estimate of drug-likeness (QED) is 0.144. The van der Waals surface area contributed by atoms with Crippen molar-refractivity contribution in [2.75, 3.05) is 50.9 Å². The first kappa shape index (κ1) is 34.6. The topological polar surface area (TPSA) is 146 Å². The van der Waals surface area contributed by atoms with Crippen LogP contribution in [0.4, 0.5) is 16.2 Å². The van der Waals surface area contributed by atoms with Gasteiger partial charge in [-0.25, -0.2) is 14.3 Å². The Morgan fingerprint density at radius 3 is 2.74 bits per heavy atom. The Balaban J connectivity index is 1.29. The molecule has 0 bridgehead atoms. The van der Waals surface area contributed by atoms with Gasteiger partial charge in [0.2, 0.25) is 5.88 Å². The monoisotopic (exact) mass is 635 g/mol. The van der Waals surface area contributed by atoms with Crippen LogP contribution >= 0.6 is 0 Å². The molecular formula is C34H49N7O5. The molecule has 12 nitrogen and oxygen atoms in total. The van der Waals surface area contributed by atoms with E-state index in [1.807, 2.05) is 51.8 Å². The van der Waals surface area contributed by atoms with Crippen molar-refractivity contribution in [1.29, 1.82) is 0 Å². The van der Waals surface area contributed by atoms with Crippen molar-refractivity contribution in [2.45, 2.75) is 65.5 Å². The van der Waals surface area contributed by atoms with Gasteiger partial charge in [0.1, 0.15) is 5.60 Å². The number of ether oxygens (including phenoxy) is 3. The Morgan fingerprint density at radius 2 is 2.00 bits per heavy atom. The standard InChI is InChI=1S/C34H49N7O5/c1-22(9-8-14-45-31-27(21-38-40(31)6)29-18-25(32(42)44-7)15-23(2)39-29)19-37-30-17-24(10-11-28(30)35)16-26-20-36-12-13-41(26)33(43)46-34(3,4)5/h10-11,15,17-18,21-22,26,36-37H,8-9,12-14,16,19-20,35H2,1-7H3. The molecule has 1 aliphatic rings. The first-order valence-corrected chi connectivity index (χ1v) is 15.9. The first-order chi connectivity index (χ1) is 21.8. The second-order valence-corrected chi connectivity index (χ2v) is 13.0. The summed E-state index contributed by atoms with van der Waals surface area (Å²) in [5, 5.41) is 11.3. The maximum absolute atomic E-state index is 12.9. The molecule has 1 aliphatic heterocycles. The molecule has 3 aromatic rings. The summed E-state index contributed by atoms with van der Waals surface area (Å²) in [7, 11) is 3.18. The minimum absolute atomic E-state index is 0.00413. The van der Waals surface area contributed by atoms with Gasteiger partial charge in [0.15, 0.2) is 0 Å². The number of esters is 1. The lowest BCUT2D eigenvalue weighted by Crippen LogP contribution is -2.55. The predicted octanol–water partition coefficient (Wildman–Crippen LogP) is 4.82. The van der Waals surface area contributed by atoms with Crippen LogP contribution in [0.2, 0.25) is 0 Å². The van der Waals surface area contributed by atoms with Gasteiger partial charge in [0.05, 0.1) is 54.2 Å². The number of rotatable bonds is 12. The third kappa shape index (κ3) is 9.35. The lowest BCUT2D eigenvalue weighted by Gasteiger charge is -2.37. The van der Waals surface area contributed by atoms with Crippen molar-refractivity contribution >= 4 is 23.4 Å².